The summed E-state index contributed by atoms with van der Waals surface area (Å²) in [6.45, 7) is 5.80. The molecule has 0 fully saturated rings. The van der Waals surface area contributed by atoms with Crippen molar-refractivity contribution in [3.8, 4) is 0 Å². The van der Waals surface area contributed by atoms with Crippen molar-refractivity contribution in [2.75, 3.05) is 26.8 Å². The number of hydrazine groups is 1. The highest BCUT2D eigenvalue weighted by Crippen LogP contribution is 1.89. The molecule has 0 bridgehead atoms. The third-order valence-electron chi connectivity index (χ3n) is 2.58. The molecule has 0 spiro atoms. The van der Waals surface area contributed by atoms with Gasteiger partial charge in [0.2, 0.25) is 11.9 Å². The molecular weight excluding hydrogens is 246 g/mol. The number of ether oxygens (including phenoxy) is 1. The summed E-state index contributed by atoms with van der Waals surface area (Å²) >= 11 is 0. The van der Waals surface area contributed by atoms with E-state index in [1.807, 2.05) is 13.8 Å². The standard InChI is InChI=1S/C12H27N5O2/c1-4-10(2)16-11(18)6-8-15-12(17-13)14-7-5-9-19-3/h10H,4-9,13H2,1-3H3,(H,16,18)(H2,14,15,17). The van der Waals surface area contributed by atoms with Gasteiger partial charge in [-0.15, -0.1) is 0 Å². The quantitative estimate of drug-likeness (QED) is 0.152. The van der Waals surface area contributed by atoms with Crippen molar-refractivity contribution in [3.05, 3.63) is 0 Å². The molecule has 0 aliphatic carbocycles. The van der Waals surface area contributed by atoms with Crippen LogP contribution in [0.1, 0.15) is 33.1 Å². The van der Waals surface area contributed by atoms with Crippen molar-refractivity contribution in [3.63, 3.8) is 0 Å². The van der Waals surface area contributed by atoms with Crippen LogP contribution in [0.2, 0.25) is 0 Å². The van der Waals surface area contributed by atoms with Crippen LogP contribution in [-0.2, 0) is 9.53 Å². The average molecular weight is 273 g/mol. The zero-order valence-corrected chi connectivity index (χ0v) is 12.2. The fourth-order valence-corrected chi connectivity index (χ4v) is 1.30. The second kappa shape index (κ2) is 11.7. The molecule has 7 nitrogen and oxygen atoms in total. The zero-order valence-electron chi connectivity index (χ0n) is 12.2. The molecule has 0 saturated heterocycles. The van der Waals surface area contributed by atoms with Gasteiger partial charge in [-0.25, -0.2) is 5.84 Å². The zero-order chi connectivity index (χ0) is 14.5. The lowest BCUT2D eigenvalue weighted by Gasteiger charge is -2.12. The highest BCUT2D eigenvalue weighted by atomic mass is 16.5. The van der Waals surface area contributed by atoms with E-state index in [0.29, 0.717) is 32.1 Å². The van der Waals surface area contributed by atoms with Gasteiger partial charge < -0.3 is 15.4 Å². The van der Waals surface area contributed by atoms with E-state index >= 15 is 0 Å². The minimum absolute atomic E-state index is 0.0256. The van der Waals surface area contributed by atoms with E-state index in [1.54, 1.807) is 7.11 Å². The number of aliphatic imine (C=N–C) groups is 1. The van der Waals surface area contributed by atoms with Crippen molar-refractivity contribution in [1.82, 2.24) is 16.1 Å². The first-order valence-electron chi connectivity index (χ1n) is 6.67. The Morgan fingerprint density at radius 2 is 2.21 bits per heavy atom. The van der Waals surface area contributed by atoms with Gasteiger partial charge in [-0.3, -0.25) is 15.2 Å². The smallest absolute Gasteiger partial charge is 0.221 e. The van der Waals surface area contributed by atoms with Gasteiger partial charge in [0.15, 0.2) is 0 Å². The Balaban J connectivity index is 3.79. The molecule has 19 heavy (non-hydrogen) atoms. The number of amides is 1. The largest absolute Gasteiger partial charge is 0.385 e. The molecule has 0 heterocycles. The summed E-state index contributed by atoms with van der Waals surface area (Å²) < 4.78 is 4.92. The first-order valence-corrected chi connectivity index (χ1v) is 6.67. The molecule has 7 heteroatoms. The Morgan fingerprint density at radius 3 is 2.79 bits per heavy atom. The van der Waals surface area contributed by atoms with Crippen molar-refractivity contribution in [2.24, 2.45) is 10.8 Å². The first kappa shape index (κ1) is 17.7. The topological polar surface area (TPSA) is 101 Å². The summed E-state index contributed by atoms with van der Waals surface area (Å²) in [5.74, 6) is 5.85. The van der Waals surface area contributed by atoms with Crippen LogP contribution in [0.15, 0.2) is 4.99 Å². The molecule has 0 rings (SSSR count). The minimum atomic E-state index is 0.0256. The van der Waals surface area contributed by atoms with Crippen LogP contribution >= 0.6 is 0 Å². The Morgan fingerprint density at radius 1 is 1.47 bits per heavy atom. The van der Waals surface area contributed by atoms with Crippen molar-refractivity contribution in [2.45, 2.75) is 39.2 Å². The molecule has 0 aromatic rings. The SMILES string of the molecule is CCC(C)NC(=O)CCNC(=NCCCOC)NN. The van der Waals surface area contributed by atoms with Crippen LogP contribution in [0.3, 0.4) is 0 Å². The number of hydrogen-bond donors (Lipinski definition) is 4. The molecule has 0 aliphatic rings. The van der Waals surface area contributed by atoms with E-state index in [9.17, 15) is 4.79 Å². The number of methoxy groups -OCH3 is 1. The first-order chi connectivity index (χ1) is 9.13. The number of nitrogens with two attached hydrogens (primary N) is 1. The number of guanidine groups is 1. The number of hydrogen-bond acceptors (Lipinski definition) is 4. The normalized spacial score (nSPS) is 12.9. The molecule has 0 radical (unpaired) electrons. The van der Waals surface area contributed by atoms with Crippen LogP contribution in [0.25, 0.3) is 0 Å². The molecule has 0 aromatic heterocycles. The molecule has 0 aromatic carbocycles. The predicted molar refractivity (Wildman–Crippen MR) is 76.6 cm³/mol. The van der Waals surface area contributed by atoms with Crippen LogP contribution in [0, 0.1) is 0 Å². The third kappa shape index (κ3) is 10.3. The van der Waals surface area contributed by atoms with Gasteiger partial charge in [-0.2, -0.15) is 0 Å². The summed E-state index contributed by atoms with van der Waals surface area (Å²) in [7, 11) is 1.65. The van der Waals surface area contributed by atoms with Crippen molar-refractivity contribution in [1.29, 1.82) is 0 Å². The Labute approximate surface area is 115 Å². The fourth-order valence-electron chi connectivity index (χ4n) is 1.30. The highest BCUT2D eigenvalue weighted by molar-refractivity contribution is 5.80. The summed E-state index contributed by atoms with van der Waals surface area (Å²) in [6, 6.07) is 0.210. The van der Waals surface area contributed by atoms with Crippen molar-refractivity contribution >= 4 is 11.9 Å². The van der Waals surface area contributed by atoms with Crippen molar-refractivity contribution < 1.29 is 9.53 Å². The van der Waals surface area contributed by atoms with Gasteiger partial charge >= 0.3 is 0 Å². The number of carbonyl (C=O) groups is 1. The molecule has 0 saturated carbocycles. The molecule has 1 unspecified atom stereocenters. The maximum atomic E-state index is 11.5. The molecule has 0 aliphatic heterocycles. The van der Waals surface area contributed by atoms with Crippen LogP contribution in [-0.4, -0.2) is 44.7 Å². The third-order valence-corrected chi connectivity index (χ3v) is 2.58. The lowest BCUT2D eigenvalue weighted by atomic mass is 10.2. The van der Waals surface area contributed by atoms with E-state index in [4.69, 9.17) is 10.6 Å². The monoisotopic (exact) mass is 273 g/mol. The fraction of sp³-hybridized carbons (Fsp3) is 0.833. The second-order valence-electron chi connectivity index (χ2n) is 4.27. The lowest BCUT2D eigenvalue weighted by molar-refractivity contribution is -0.121. The lowest BCUT2D eigenvalue weighted by Crippen LogP contribution is -2.43. The average Bonchev–Trinajstić information content (AvgIpc) is 2.41. The molecule has 1 amide bonds. The number of carbonyl (C=O) groups excluding carboxylic acids is 1. The summed E-state index contributed by atoms with van der Waals surface area (Å²) in [6.07, 6.45) is 2.15. The van der Waals surface area contributed by atoms with Crippen LogP contribution in [0.4, 0.5) is 0 Å². The Bertz CT molecular complexity index is 271. The molecular formula is C12H27N5O2. The van der Waals surface area contributed by atoms with Gasteiger partial charge in [0.1, 0.15) is 0 Å². The summed E-state index contributed by atoms with van der Waals surface area (Å²) in [5, 5.41) is 5.87. The maximum absolute atomic E-state index is 11.5. The van der Waals surface area contributed by atoms with Crippen LogP contribution < -0.4 is 21.9 Å². The molecule has 112 valence electrons. The summed E-state index contributed by atoms with van der Waals surface area (Å²) in [5.41, 5.74) is 2.47. The maximum Gasteiger partial charge on any atom is 0.221 e. The van der Waals surface area contributed by atoms with E-state index in [2.05, 4.69) is 21.1 Å². The molecule has 1 atom stereocenters. The number of rotatable bonds is 9. The Kier molecular flexibility index (Phi) is 10.9. The second-order valence-corrected chi connectivity index (χ2v) is 4.27. The van der Waals surface area contributed by atoms with Gasteiger partial charge in [0, 0.05) is 39.3 Å². The van der Waals surface area contributed by atoms with E-state index in [1.165, 1.54) is 0 Å². The highest BCUT2D eigenvalue weighted by Gasteiger charge is 2.05. The van der Waals surface area contributed by atoms with E-state index in [0.717, 1.165) is 12.8 Å². The van der Waals surface area contributed by atoms with Crippen LogP contribution in [0.5, 0.6) is 0 Å². The predicted octanol–water partition coefficient (Wildman–Crippen LogP) is -0.263. The summed E-state index contributed by atoms with van der Waals surface area (Å²) in [4.78, 5) is 15.7. The van der Waals surface area contributed by atoms with Gasteiger partial charge in [-0.1, -0.05) is 6.92 Å². The van der Waals surface area contributed by atoms with Gasteiger partial charge in [0.05, 0.1) is 0 Å². The van der Waals surface area contributed by atoms with E-state index in [-0.39, 0.29) is 11.9 Å². The number of nitrogens with zero attached hydrogens (tertiary/aromatic N) is 1. The van der Waals surface area contributed by atoms with Gasteiger partial charge in [-0.05, 0) is 19.8 Å². The Hall–Kier alpha value is -1.34. The van der Waals surface area contributed by atoms with E-state index < -0.39 is 0 Å². The van der Waals surface area contributed by atoms with Gasteiger partial charge in [0.25, 0.3) is 0 Å². The minimum Gasteiger partial charge on any atom is -0.385 e. The molecule has 5 N–H and O–H groups in total. The number of nitrogens with one attached hydrogen (secondary N) is 3.